The van der Waals surface area contributed by atoms with Crippen LogP contribution in [0.5, 0.6) is 0 Å². The predicted octanol–water partition coefficient (Wildman–Crippen LogP) is 2.24. The van der Waals surface area contributed by atoms with Gasteiger partial charge in [-0.1, -0.05) is 6.92 Å². The number of rotatable bonds is 4. The van der Waals surface area contributed by atoms with Crippen LogP contribution in [-0.4, -0.2) is 38.5 Å². The molecular formula is C13H17F3N4O. The monoisotopic (exact) mass is 302 g/mol. The number of aliphatic hydroxyl groups excluding tert-OH is 1. The molecule has 0 saturated heterocycles. The van der Waals surface area contributed by atoms with Crippen molar-refractivity contribution in [2.24, 2.45) is 0 Å². The topological polar surface area (TPSA) is 62.5 Å². The molecule has 0 aromatic carbocycles. The van der Waals surface area contributed by atoms with Crippen LogP contribution in [0.25, 0.3) is 5.65 Å². The lowest BCUT2D eigenvalue weighted by Gasteiger charge is -2.16. The van der Waals surface area contributed by atoms with Crippen molar-refractivity contribution >= 4 is 11.5 Å². The molecule has 5 nitrogen and oxygen atoms in total. The maximum absolute atomic E-state index is 12.4. The van der Waals surface area contributed by atoms with Gasteiger partial charge in [0.15, 0.2) is 11.8 Å². The zero-order valence-electron chi connectivity index (χ0n) is 12.0. The van der Waals surface area contributed by atoms with E-state index in [-0.39, 0.29) is 0 Å². The Morgan fingerprint density at radius 2 is 2.05 bits per heavy atom. The van der Waals surface area contributed by atoms with Crippen LogP contribution in [0.3, 0.4) is 0 Å². The number of nitrogens with zero attached hydrogens (tertiary/aromatic N) is 3. The maximum atomic E-state index is 12.4. The van der Waals surface area contributed by atoms with Crippen molar-refractivity contribution in [3.05, 3.63) is 23.0 Å². The summed E-state index contributed by atoms with van der Waals surface area (Å²) in [6.45, 7) is 4.94. The van der Waals surface area contributed by atoms with E-state index in [0.29, 0.717) is 17.9 Å². The molecule has 0 fully saturated rings. The first-order valence-electron chi connectivity index (χ1n) is 6.58. The molecule has 2 aromatic heterocycles. The summed E-state index contributed by atoms with van der Waals surface area (Å²) in [4.78, 5) is 4.43. The Bertz CT molecular complexity index is 651. The third-order valence-corrected chi connectivity index (χ3v) is 3.33. The lowest BCUT2D eigenvalue weighted by Crippen LogP contribution is -2.35. The molecule has 0 amide bonds. The fraction of sp³-hybridized carbons (Fsp3) is 0.538. The Balaban J connectivity index is 2.36. The van der Waals surface area contributed by atoms with Crippen LogP contribution in [0, 0.1) is 13.8 Å². The molecule has 21 heavy (non-hydrogen) atoms. The van der Waals surface area contributed by atoms with Crippen LogP contribution in [0.15, 0.2) is 6.07 Å². The Morgan fingerprint density at radius 1 is 1.38 bits per heavy atom. The minimum absolute atomic E-state index is 0.386. The van der Waals surface area contributed by atoms with E-state index >= 15 is 0 Å². The van der Waals surface area contributed by atoms with Gasteiger partial charge < -0.3 is 10.4 Å². The molecule has 0 spiro atoms. The van der Waals surface area contributed by atoms with Gasteiger partial charge in [0.05, 0.1) is 12.2 Å². The SMILES string of the molecule is CCc1cc(NCC(O)C(F)(F)F)n2nc(C)c(C)c2n1. The van der Waals surface area contributed by atoms with Gasteiger partial charge in [0, 0.05) is 17.3 Å². The number of nitrogens with one attached hydrogen (secondary N) is 1. The second-order valence-electron chi connectivity index (χ2n) is 4.87. The molecule has 2 heterocycles. The lowest BCUT2D eigenvalue weighted by molar-refractivity contribution is -0.198. The highest BCUT2D eigenvalue weighted by atomic mass is 19.4. The summed E-state index contributed by atoms with van der Waals surface area (Å²) >= 11 is 0. The molecule has 0 radical (unpaired) electrons. The van der Waals surface area contributed by atoms with Crippen molar-refractivity contribution in [1.82, 2.24) is 14.6 Å². The molecule has 1 unspecified atom stereocenters. The second-order valence-corrected chi connectivity index (χ2v) is 4.87. The van der Waals surface area contributed by atoms with Crippen LogP contribution < -0.4 is 5.32 Å². The number of halogens is 3. The Labute approximate surface area is 119 Å². The largest absolute Gasteiger partial charge is 0.416 e. The van der Waals surface area contributed by atoms with Crippen molar-refractivity contribution in [2.75, 3.05) is 11.9 Å². The molecule has 116 valence electrons. The number of hydrogen-bond donors (Lipinski definition) is 2. The number of aliphatic hydroxyl groups is 1. The van der Waals surface area contributed by atoms with Gasteiger partial charge in [0.2, 0.25) is 0 Å². The van der Waals surface area contributed by atoms with Gasteiger partial charge in [-0.3, -0.25) is 0 Å². The average molecular weight is 302 g/mol. The highest BCUT2D eigenvalue weighted by Crippen LogP contribution is 2.22. The van der Waals surface area contributed by atoms with Gasteiger partial charge in [-0.25, -0.2) is 4.98 Å². The van der Waals surface area contributed by atoms with E-state index in [4.69, 9.17) is 5.11 Å². The number of fused-ring (bicyclic) bond motifs is 1. The third kappa shape index (κ3) is 3.10. The summed E-state index contributed by atoms with van der Waals surface area (Å²) in [7, 11) is 0. The van der Waals surface area contributed by atoms with Crippen molar-refractivity contribution in [3.8, 4) is 0 Å². The molecule has 2 N–H and O–H groups in total. The summed E-state index contributed by atoms with van der Waals surface area (Å²) in [5.41, 5.74) is 2.99. The molecule has 0 aliphatic carbocycles. The quantitative estimate of drug-likeness (QED) is 0.909. The Kier molecular flexibility index (Phi) is 4.08. The van der Waals surface area contributed by atoms with E-state index in [2.05, 4.69) is 15.4 Å². The molecule has 0 saturated carbocycles. The van der Waals surface area contributed by atoms with Crippen molar-refractivity contribution in [1.29, 1.82) is 0 Å². The average Bonchev–Trinajstić information content (AvgIpc) is 2.70. The van der Waals surface area contributed by atoms with Crippen LogP contribution in [0.4, 0.5) is 19.0 Å². The van der Waals surface area contributed by atoms with E-state index in [0.717, 1.165) is 17.0 Å². The van der Waals surface area contributed by atoms with E-state index in [1.165, 1.54) is 4.52 Å². The van der Waals surface area contributed by atoms with Gasteiger partial charge in [-0.2, -0.15) is 22.8 Å². The smallest absolute Gasteiger partial charge is 0.382 e. The third-order valence-electron chi connectivity index (χ3n) is 3.33. The van der Waals surface area contributed by atoms with Crippen LogP contribution in [0.2, 0.25) is 0 Å². The number of aromatic nitrogens is 3. The number of alkyl halides is 3. The van der Waals surface area contributed by atoms with Crippen LogP contribution in [-0.2, 0) is 6.42 Å². The van der Waals surface area contributed by atoms with Crippen molar-refractivity contribution in [3.63, 3.8) is 0 Å². The highest BCUT2D eigenvalue weighted by molar-refractivity contribution is 5.56. The molecule has 2 rings (SSSR count). The summed E-state index contributed by atoms with van der Waals surface area (Å²) in [5, 5.41) is 15.9. The molecule has 2 aromatic rings. The van der Waals surface area contributed by atoms with Gasteiger partial charge in [-0.05, 0) is 20.3 Å². The first kappa shape index (κ1) is 15.6. The van der Waals surface area contributed by atoms with Crippen molar-refractivity contribution < 1.29 is 18.3 Å². The first-order chi connectivity index (χ1) is 9.74. The van der Waals surface area contributed by atoms with Gasteiger partial charge >= 0.3 is 6.18 Å². The predicted molar refractivity (Wildman–Crippen MR) is 72.4 cm³/mol. The minimum Gasteiger partial charge on any atom is -0.382 e. The summed E-state index contributed by atoms with van der Waals surface area (Å²) in [6, 6.07) is 1.64. The van der Waals surface area contributed by atoms with E-state index in [1.807, 2.05) is 20.8 Å². The van der Waals surface area contributed by atoms with Crippen LogP contribution in [0.1, 0.15) is 23.9 Å². The van der Waals surface area contributed by atoms with E-state index in [1.54, 1.807) is 6.07 Å². The van der Waals surface area contributed by atoms with Crippen LogP contribution >= 0.6 is 0 Å². The fourth-order valence-corrected chi connectivity index (χ4v) is 1.90. The molecular weight excluding hydrogens is 285 g/mol. The highest BCUT2D eigenvalue weighted by Gasteiger charge is 2.38. The first-order valence-corrected chi connectivity index (χ1v) is 6.58. The summed E-state index contributed by atoms with van der Waals surface area (Å²) in [5.74, 6) is 0.386. The zero-order chi connectivity index (χ0) is 15.8. The fourth-order valence-electron chi connectivity index (χ4n) is 1.90. The second kappa shape index (κ2) is 5.51. The summed E-state index contributed by atoms with van der Waals surface area (Å²) in [6.07, 6.45) is -6.43. The molecule has 0 aliphatic rings. The Morgan fingerprint density at radius 3 is 2.62 bits per heavy atom. The van der Waals surface area contributed by atoms with E-state index < -0.39 is 18.8 Å². The maximum Gasteiger partial charge on any atom is 0.416 e. The number of hydrogen-bond acceptors (Lipinski definition) is 4. The number of aryl methyl sites for hydroxylation is 3. The molecule has 1 atom stereocenters. The van der Waals surface area contributed by atoms with Gasteiger partial charge in [-0.15, -0.1) is 0 Å². The van der Waals surface area contributed by atoms with Gasteiger partial charge in [0.1, 0.15) is 5.82 Å². The van der Waals surface area contributed by atoms with Crippen molar-refractivity contribution in [2.45, 2.75) is 39.5 Å². The number of anilines is 1. The van der Waals surface area contributed by atoms with E-state index in [9.17, 15) is 13.2 Å². The standard InChI is InChI=1S/C13H17F3N4O/c1-4-9-5-11(17-6-10(21)13(14,15)16)20-12(18-9)7(2)8(3)19-20/h5,10,17,21H,4,6H2,1-3H3. The Hall–Kier alpha value is -1.83. The molecule has 8 heteroatoms. The molecule has 0 aliphatic heterocycles. The van der Waals surface area contributed by atoms with Gasteiger partial charge in [0.25, 0.3) is 0 Å². The molecule has 0 bridgehead atoms. The normalized spacial score (nSPS) is 13.7. The zero-order valence-corrected chi connectivity index (χ0v) is 12.0. The lowest BCUT2D eigenvalue weighted by atomic mass is 10.2. The summed E-state index contributed by atoms with van der Waals surface area (Å²) < 4.78 is 38.5. The minimum atomic E-state index is -4.65.